The summed E-state index contributed by atoms with van der Waals surface area (Å²) in [6.45, 7) is 3.85. The Morgan fingerprint density at radius 3 is 2.79 bits per heavy atom. The van der Waals surface area contributed by atoms with Gasteiger partial charge >= 0.3 is 0 Å². The van der Waals surface area contributed by atoms with Crippen LogP contribution >= 0.6 is 0 Å². The van der Waals surface area contributed by atoms with E-state index >= 15 is 0 Å². The lowest BCUT2D eigenvalue weighted by atomic mass is 10.0. The summed E-state index contributed by atoms with van der Waals surface area (Å²) in [5, 5.41) is 3.13. The predicted octanol–water partition coefficient (Wildman–Crippen LogP) is 2.18. The molecule has 14 heavy (non-hydrogen) atoms. The number of likely N-dealkylation sites (N-methyl/N-ethyl adjacent to an activating group) is 1. The largest absolute Gasteiger partial charge is 0.488 e. The molecule has 1 N–H and O–H groups in total. The Hall–Kier alpha value is -1.09. The summed E-state index contributed by atoms with van der Waals surface area (Å²) >= 11 is 0. The molecule has 0 fully saturated rings. The van der Waals surface area contributed by atoms with E-state index < -0.39 is 0 Å². The van der Waals surface area contributed by atoms with Crippen molar-refractivity contribution in [1.82, 2.24) is 5.32 Å². The van der Waals surface area contributed by atoms with Gasteiger partial charge in [-0.1, -0.05) is 0 Å². The Morgan fingerprint density at radius 1 is 1.43 bits per heavy atom. The van der Waals surface area contributed by atoms with Gasteiger partial charge in [-0.25, -0.2) is 4.39 Å². The van der Waals surface area contributed by atoms with E-state index in [1.54, 1.807) is 6.07 Å². The van der Waals surface area contributed by atoms with E-state index in [-0.39, 0.29) is 18.0 Å². The van der Waals surface area contributed by atoms with Crippen LogP contribution in [0.25, 0.3) is 0 Å². The second-order valence-electron chi connectivity index (χ2n) is 3.73. The minimum Gasteiger partial charge on any atom is -0.488 e. The molecule has 0 saturated heterocycles. The zero-order valence-corrected chi connectivity index (χ0v) is 8.60. The van der Waals surface area contributed by atoms with Gasteiger partial charge in [0.2, 0.25) is 0 Å². The maximum atomic E-state index is 13.2. The Bertz CT molecular complexity index is 365. The zero-order chi connectivity index (χ0) is 10.3. The van der Waals surface area contributed by atoms with Crippen molar-refractivity contribution in [3.8, 4) is 5.75 Å². The highest BCUT2D eigenvalue weighted by molar-refractivity contribution is 5.46. The Morgan fingerprint density at radius 2 is 2.14 bits per heavy atom. The fraction of sp³-hybridized carbons (Fsp3) is 0.455. The average Bonchev–Trinajstić information content (AvgIpc) is 2.41. The molecular weight excluding hydrogens is 181 g/mol. The van der Waals surface area contributed by atoms with E-state index in [9.17, 15) is 4.39 Å². The van der Waals surface area contributed by atoms with E-state index in [4.69, 9.17) is 4.74 Å². The molecule has 0 aromatic heterocycles. The van der Waals surface area contributed by atoms with Crippen LogP contribution in [0.1, 0.15) is 24.1 Å². The third kappa shape index (κ3) is 1.28. The molecule has 0 radical (unpaired) electrons. The molecule has 0 aliphatic carbocycles. The molecule has 3 heteroatoms. The maximum absolute atomic E-state index is 13.2. The van der Waals surface area contributed by atoms with Crippen molar-refractivity contribution in [2.45, 2.75) is 26.0 Å². The van der Waals surface area contributed by atoms with Gasteiger partial charge in [0, 0.05) is 5.56 Å². The van der Waals surface area contributed by atoms with Crippen LogP contribution in [-0.2, 0) is 0 Å². The molecule has 2 atom stereocenters. The summed E-state index contributed by atoms with van der Waals surface area (Å²) in [6.07, 6.45) is 0.0653. The van der Waals surface area contributed by atoms with Crippen LogP contribution in [0.3, 0.4) is 0 Å². The van der Waals surface area contributed by atoms with Crippen LogP contribution < -0.4 is 10.1 Å². The SMILES string of the molecule is CNC1c2cc(F)cc(C)c2OC1C. The smallest absolute Gasteiger partial charge is 0.127 e. The third-order valence-corrected chi connectivity index (χ3v) is 2.69. The van der Waals surface area contributed by atoms with Crippen LogP contribution in [0.2, 0.25) is 0 Å². The topological polar surface area (TPSA) is 21.3 Å². The highest BCUT2D eigenvalue weighted by Crippen LogP contribution is 2.39. The molecule has 2 unspecified atom stereocenters. The van der Waals surface area contributed by atoms with Gasteiger partial charge in [0.05, 0.1) is 6.04 Å². The molecule has 1 heterocycles. The second kappa shape index (κ2) is 3.24. The van der Waals surface area contributed by atoms with E-state index in [0.717, 1.165) is 16.9 Å². The van der Waals surface area contributed by atoms with Gasteiger partial charge in [-0.15, -0.1) is 0 Å². The van der Waals surface area contributed by atoms with E-state index in [2.05, 4.69) is 5.32 Å². The molecule has 2 nitrogen and oxygen atoms in total. The van der Waals surface area contributed by atoms with Crippen molar-refractivity contribution < 1.29 is 9.13 Å². The number of ether oxygens (including phenoxy) is 1. The fourth-order valence-electron chi connectivity index (χ4n) is 2.04. The molecule has 0 spiro atoms. The number of hydrogen-bond donors (Lipinski definition) is 1. The molecule has 0 saturated carbocycles. The van der Waals surface area contributed by atoms with Crippen molar-refractivity contribution in [2.75, 3.05) is 7.05 Å². The number of rotatable bonds is 1. The van der Waals surface area contributed by atoms with E-state index in [0.29, 0.717) is 0 Å². The van der Waals surface area contributed by atoms with Gasteiger partial charge in [-0.05, 0) is 38.6 Å². The number of fused-ring (bicyclic) bond motifs is 1. The number of nitrogens with one attached hydrogen (secondary N) is 1. The summed E-state index contributed by atoms with van der Waals surface area (Å²) in [5.41, 5.74) is 1.79. The van der Waals surface area contributed by atoms with Gasteiger partial charge in [-0.3, -0.25) is 0 Å². The Kier molecular flexibility index (Phi) is 2.19. The lowest BCUT2D eigenvalue weighted by Crippen LogP contribution is -2.25. The number of aryl methyl sites for hydroxylation is 1. The Balaban J connectivity index is 2.53. The van der Waals surface area contributed by atoms with Crippen molar-refractivity contribution in [3.63, 3.8) is 0 Å². The lowest BCUT2D eigenvalue weighted by Gasteiger charge is -2.12. The van der Waals surface area contributed by atoms with Gasteiger partial charge in [0.1, 0.15) is 17.7 Å². The van der Waals surface area contributed by atoms with E-state index in [1.807, 2.05) is 20.9 Å². The predicted molar refractivity (Wildman–Crippen MR) is 53.0 cm³/mol. The van der Waals surface area contributed by atoms with Crippen molar-refractivity contribution in [1.29, 1.82) is 0 Å². The van der Waals surface area contributed by atoms with Gasteiger partial charge < -0.3 is 10.1 Å². The number of benzene rings is 1. The first-order valence-electron chi connectivity index (χ1n) is 4.77. The average molecular weight is 195 g/mol. The lowest BCUT2D eigenvalue weighted by molar-refractivity contribution is 0.213. The normalized spacial score (nSPS) is 24.6. The van der Waals surface area contributed by atoms with Crippen molar-refractivity contribution in [3.05, 3.63) is 29.1 Å². The highest BCUT2D eigenvalue weighted by Gasteiger charge is 2.31. The van der Waals surface area contributed by atoms with Crippen LogP contribution in [0.5, 0.6) is 5.75 Å². The first-order valence-corrected chi connectivity index (χ1v) is 4.77. The van der Waals surface area contributed by atoms with Gasteiger partial charge in [0.25, 0.3) is 0 Å². The molecule has 1 aliphatic rings. The monoisotopic (exact) mass is 195 g/mol. The maximum Gasteiger partial charge on any atom is 0.127 e. The second-order valence-corrected chi connectivity index (χ2v) is 3.73. The number of hydrogen-bond acceptors (Lipinski definition) is 2. The first kappa shape index (κ1) is 9.46. The van der Waals surface area contributed by atoms with Crippen molar-refractivity contribution in [2.24, 2.45) is 0 Å². The number of halogens is 1. The summed E-state index contributed by atoms with van der Waals surface area (Å²) in [5.74, 6) is 0.637. The molecule has 1 aromatic carbocycles. The molecule has 1 aromatic rings. The Labute approximate surface area is 83.1 Å². The van der Waals surface area contributed by atoms with Crippen molar-refractivity contribution >= 4 is 0 Å². The molecule has 2 rings (SSSR count). The van der Waals surface area contributed by atoms with Crippen LogP contribution in [0.4, 0.5) is 4.39 Å². The van der Waals surface area contributed by atoms with Crippen LogP contribution in [0.15, 0.2) is 12.1 Å². The standard InChI is InChI=1S/C11H14FNO/c1-6-4-8(12)5-9-10(13-3)7(2)14-11(6)9/h4-5,7,10,13H,1-3H3. The highest BCUT2D eigenvalue weighted by atomic mass is 19.1. The zero-order valence-electron chi connectivity index (χ0n) is 8.60. The minimum absolute atomic E-state index is 0.0653. The summed E-state index contributed by atoms with van der Waals surface area (Å²) in [6, 6.07) is 3.15. The molecule has 0 bridgehead atoms. The van der Waals surface area contributed by atoms with Crippen LogP contribution in [0, 0.1) is 12.7 Å². The molecule has 76 valence electrons. The first-order chi connectivity index (χ1) is 6.63. The van der Waals surface area contributed by atoms with E-state index in [1.165, 1.54) is 6.07 Å². The van der Waals surface area contributed by atoms with Crippen LogP contribution in [-0.4, -0.2) is 13.2 Å². The molecular formula is C11H14FNO. The summed E-state index contributed by atoms with van der Waals surface area (Å²) in [7, 11) is 1.86. The molecule has 1 aliphatic heterocycles. The van der Waals surface area contributed by atoms with Gasteiger partial charge in [0.15, 0.2) is 0 Å². The minimum atomic E-state index is -0.195. The summed E-state index contributed by atoms with van der Waals surface area (Å²) in [4.78, 5) is 0. The summed E-state index contributed by atoms with van der Waals surface area (Å²) < 4.78 is 18.8. The third-order valence-electron chi connectivity index (χ3n) is 2.69. The quantitative estimate of drug-likeness (QED) is 0.741. The van der Waals surface area contributed by atoms with Gasteiger partial charge in [-0.2, -0.15) is 0 Å². The fourth-order valence-corrected chi connectivity index (χ4v) is 2.04. The molecule has 0 amide bonds.